The van der Waals surface area contributed by atoms with Gasteiger partial charge in [0, 0.05) is 28.6 Å². The molecule has 0 radical (unpaired) electrons. The van der Waals surface area contributed by atoms with Crippen molar-refractivity contribution in [1.29, 1.82) is 0 Å². The van der Waals surface area contributed by atoms with Gasteiger partial charge in [0.2, 0.25) is 5.91 Å². The Morgan fingerprint density at radius 3 is 2.80 bits per heavy atom. The van der Waals surface area contributed by atoms with Crippen LogP contribution in [0.4, 0.5) is 0 Å². The van der Waals surface area contributed by atoms with Gasteiger partial charge in [-0.15, -0.1) is 11.8 Å². The molecule has 4 heteroatoms. The zero-order valence-corrected chi connectivity index (χ0v) is 13.5. The third kappa shape index (κ3) is 4.00. The van der Waals surface area contributed by atoms with E-state index >= 15 is 0 Å². The second-order valence-corrected chi connectivity index (χ2v) is 7.48. The van der Waals surface area contributed by atoms with Crippen LogP contribution in [0.1, 0.15) is 39.2 Å². The van der Waals surface area contributed by atoms with E-state index in [4.69, 9.17) is 0 Å². The molecule has 0 fully saturated rings. The van der Waals surface area contributed by atoms with Crippen molar-refractivity contribution >= 4 is 17.7 Å². The quantitative estimate of drug-likeness (QED) is 0.896. The Hall–Kier alpha value is -1.00. The molecule has 0 saturated carbocycles. The van der Waals surface area contributed by atoms with Crippen LogP contribution in [0.2, 0.25) is 0 Å². The number of nitrogens with one attached hydrogen (secondary N) is 2. The molecule has 1 aromatic rings. The van der Waals surface area contributed by atoms with Crippen LogP contribution in [-0.4, -0.2) is 29.8 Å². The molecule has 0 bridgehead atoms. The summed E-state index contributed by atoms with van der Waals surface area (Å²) in [5, 5.41) is 6.37. The van der Waals surface area contributed by atoms with Crippen LogP contribution >= 0.6 is 11.8 Å². The third-order valence-corrected chi connectivity index (χ3v) is 4.61. The maximum atomic E-state index is 12.0. The van der Waals surface area contributed by atoms with E-state index in [1.54, 1.807) is 0 Å². The molecule has 2 unspecified atom stereocenters. The average Bonchev–Trinajstić information content (AvgIpc) is 2.77. The molecule has 2 atom stereocenters. The molecule has 2 rings (SSSR count). The van der Waals surface area contributed by atoms with Crippen molar-refractivity contribution < 1.29 is 4.79 Å². The highest BCUT2D eigenvalue weighted by Crippen LogP contribution is 2.38. The molecule has 110 valence electrons. The van der Waals surface area contributed by atoms with Crippen molar-refractivity contribution in [1.82, 2.24) is 10.6 Å². The summed E-state index contributed by atoms with van der Waals surface area (Å²) in [6.45, 7) is 8.78. The smallest absolute Gasteiger partial charge is 0.237 e. The Bertz CT molecular complexity index is 482. The van der Waals surface area contributed by atoms with E-state index in [-0.39, 0.29) is 17.5 Å². The van der Waals surface area contributed by atoms with E-state index in [9.17, 15) is 4.79 Å². The predicted molar refractivity (Wildman–Crippen MR) is 85.3 cm³/mol. The second-order valence-electron chi connectivity index (χ2n) is 6.41. The van der Waals surface area contributed by atoms with Gasteiger partial charge in [-0.3, -0.25) is 4.79 Å². The number of hydrogen-bond acceptors (Lipinski definition) is 3. The Morgan fingerprint density at radius 1 is 1.40 bits per heavy atom. The summed E-state index contributed by atoms with van der Waals surface area (Å²) in [6, 6.07) is 8.39. The first kappa shape index (κ1) is 15.4. The summed E-state index contributed by atoms with van der Waals surface area (Å²) in [5.41, 5.74) is 1.23. The van der Waals surface area contributed by atoms with Crippen molar-refractivity contribution in [2.75, 3.05) is 12.3 Å². The highest BCUT2D eigenvalue weighted by atomic mass is 32.2. The SMILES string of the molecule is CC(NCC1CSc2ccccc21)C(=O)NC(C)(C)C. The van der Waals surface area contributed by atoms with E-state index in [1.165, 1.54) is 10.5 Å². The summed E-state index contributed by atoms with van der Waals surface area (Å²) in [6.07, 6.45) is 0. The lowest BCUT2D eigenvalue weighted by Crippen LogP contribution is -2.50. The highest BCUT2D eigenvalue weighted by Gasteiger charge is 2.24. The van der Waals surface area contributed by atoms with Gasteiger partial charge in [0.15, 0.2) is 0 Å². The number of amides is 1. The minimum absolute atomic E-state index is 0.0661. The molecule has 1 aliphatic heterocycles. The second kappa shape index (κ2) is 6.19. The summed E-state index contributed by atoms with van der Waals surface area (Å²) < 4.78 is 0. The first-order valence-electron chi connectivity index (χ1n) is 7.14. The first-order valence-corrected chi connectivity index (χ1v) is 8.12. The molecule has 20 heavy (non-hydrogen) atoms. The topological polar surface area (TPSA) is 41.1 Å². The van der Waals surface area contributed by atoms with Crippen LogP contribution in [0.5, 0.6) is 0 Å². The summed E-state index contributed by atoms with van der Waals surface area (Å²) in [5.74, 6) is 1.66. The monoisotopic (exact) mass is 292 g/mol. The van der Waals surface area contributed by atoms with Gasteiger partial charge in [0.05, 0.1) is 6.04 Å². The van der Waals surface area contributed by atoms with Crippen LogP contribution in [0, 0.1) is 0 Å². The Labute approximate surface area is 125 Å². The Morgan fingerprint density at radius 2 is 2.10 bits per heavy atom. The lowest BCUT2D eigenvalue weighted by atomic mass is 10.0. The van der Waals surface area contributed by atoms with E-state index in [1.807, 2.05) is 39.5 Å². The molecule has 0 aliphatic carbocycles. The summed E-state index contributed by atoms with van der Waals surface area (Å²) in [7, 11) is 0. The largest absolute Gasteiger partial charge is 0.350 e. The van der Waals surface area contributed by atoms with Gasteiger partial charge in [-0.2, -0.15) is 0 Å². The fraction of sp³-hybridized carbons (Fsp3) is 0.562. The fourth-order valence-electron chi connectivity index (χ4n) is 2.29. The molecule has 0 spiro atoms. The molecule has 3 nitrogen and oxygen atoms in total. The summed E-state index contributed by atoms with van der Waals surface area (Å²) >= 11 is 1.91. The molecule has 2 N–H and O–H groups in total. The molecular weight excluding hydrogens is 268 g/mol. The van der Waals surface area contributed by atoms with Crippen molar-refractivity contribution in [3.05, 3.63) is 29.8 Å². The van der Waals surface area contributed by atoms with Gasteiger partial charge in [0.25, 0.3) is 0 Å². The van der Waals surface area contributed by atoms with Gasteiger partial charge in [-0.25, -0.2) is 0 Å². The van der Waals surface area contributed by atoms with Gasteiger partial charge < -0.3 is 10.6 Å². The maximum Gasteiger partial charge on any atom is 0.237 e. The number of carbonyl (C=O) groups excluding carboxylic acids is 1. The maximum absolute atomic E-state index is 12.0. The highest BCUT2D eigenvalue weighted by molar-refractivity contribution is 7.99. The van der Waals surface area contributed by atoms with Gasteiger partial charge in [-0.1, -0.05) is 18.2 Å². The zero-order valence-electron chi connectivity index (χ0n) is 12.7. The number of rotatable bonds is 4. The predicted octanol–water partition coefficient (Wildman–Crippen LogP) is 2.77. The lowest BCUT2D eigenvalue weighted by Gasteiger charge is -2.24. The fourth-order valence-corrected chi connectivity index (χ4v) is 3.54. The Balaban J connectivity index is 1.86. The van der Waals surface area contributed by atoms with Crippen LogP contribution in [0.3, 0.4) is 0 Å². The molecule has 1 aliphatic rings. The normalized spacial score (nSPS) is 19.5. The average molecular weight is 292 g/mol. The Kier molecular flexibility index (Phi) is 4.76. The van der Waals surface area contributed by atoms with E-state index < -0.39 is 0 Å². The van der Waals surface area contributed by atoms with Crippen LogP contribution in [0.25, 0.3) is 0 Å². The van der Waals surface area contributed by atoms with Crippen molar-refractivity contribution in [3.63, 3.8) is 0 Å². The zero-order chi connectivity index (χ0) is 14.8. The summed E-state index contributed by atoms with van der Waals surface area (Å²) in [4.78, 5) is 13.4. The van der Waals surface area contributed by atoms with Gasteiger partial charge in [0.1, 0.15) is 0 Å². The van der Waals surface area contributed by atoms with E-state index in [2.05, 4.69) is 34.9 Å². The standard InChI is InChI=1S/C16H24N2OS/c1-11(15(19)18-16(2,3)4)17-9-12-10-20-14-8-6-5-7-13(12)14/h5-8,11-12,17H,9-10H2,1-4H3,(H,18,19). The first-order chi connectivity index (χ1) is 9.37. The minimum atomic E-state index is -0.178. The van der Waals surface area contributed by atoms with Crippen LogP contribution in [-0.2, 0) is 4.79 Å². The molecule has 1 amide bonds. The van der Waals surface area contributed by atoms with Crippen molar-refractivity contribution in [3.8, 4) is 0 Å². The van der Waals surface area contributed by atoms with Gasteiger partial charge in [-0.05, 0) is 39.3 Å². The van der Waals surface area contributed by atoms with E-state index in [0.29, 0.717) is 5.92 Å². The van der Waals surface area contributed by atoms with Crippen LogP contribution < -0.4 is 10.6 Å². The number of fused-ring (bicyclic) bond motifs is 1. The van der Waals surface area contributed by atoms with Crippen molar-refractivity contribution in [2.45, 2.75) is 50.1 Å². The molecular formula is C16H24N2OS. The van der Waals surface area contributed by atoms with Crippen molar-refractivity contribution in [2.24, 2.45) is 0 Å². The molecule has 0 aromatic heterocycles. The number of benzene rings is 1. The van der Waals surface area contributed by atoms with Gasteiger partial charge >= 0.3 is 0 Å². The van der Waals surface area contributed by atoms with Crippen LogP contribution in [0.15, 0.2) is 29.2 Å². The molecule has 1 heterocycles. The molecule has 0 saturated heterocycles. The van der Waals surface area contributed by atoms with E-state index in [0.717, 1.165) is 12.3 Å². The number of carbonyl (C=O) groups is 1. The molecule has 1 aromatic carbocycles. The minimum Gasteiger partial charge on any atom is -0.350 e. The number of hydrogen-bond donors (Lipinski definition) is 2. The number of thioether (sulfide) groups is 1. The third-order valence-electron chi connectivity index (χ3n) is 3.36. The lowest BCUT2D eigenvalue weighted by molar-refractivity contribution is -0.124.